The molecular weight excluding hydrogens is 360 g/mol. The largest absolute Gasteiger partial charge is 0.370 e. The molecule has 0 spiro atoms. The Balaban J connectivity index is 2.00. The first kappa shape index (κ1) is 16.1. The van der Waals surface area contributed by atoms with Crippen LogP contribution in [0.15, 0.2) is 16.9 Å². The van der Waals surface area contributed by atoms with E-state index in [4.69, 9.17) is 0 Å². The van der Waals surface area contributed by atoms with Crippen LogP contribution in [0.3, 0.4) is 0 Å². The van der Waals surface area contributed by atoms with Crippen LogP contribution in [0.4, 0.5) is 11.4 Å². The van der Waals surface area contributed by atoms with Crippen molar-refractivity contribution in [3.05, 3.63) is 22.6 Å². The van der Waals surface area contributed by atoms with E-state index in [2.05, 4.69) is 36.1 Å². The monoisotopic (exact) mass is 380 g/mol. The topological polar surface area (TPSA) is 81.0 Å². The Labute approximate surface area is 142 Å². The number of aromatic amines is 2. The van der Waals surface area contributed by atoms with Gasteiger partial charge >= 0.3 is 5.69 Å². The van der Waals surface area contributed by atoms with Crippen molar-refractivity contribution < 1.29 is 4.79 Å². The van der Waals surface area contributed by atoms with E-state index in [0.717, 1.165) is 42.8 Å². The third-order valence-electron chi connectivity index (χ3n) is 4.17. The summed E-state index contributed by atoms with van der Waals surface area (Å²) in [6.07, 6.45) is 2.28. The molecule has 1 amide bonds. The van der Waals surface area contributed by atoms with Gasteiger partial charge in [-0.1, -0.05) is 29.8 Å². The van der Waals surface area contributed by atoms with Crippen molar-refractivity contribution in [1.82, 2.24) is 9.97 Å². The normalized spacial score (nSPS) is 16.3. The minimum absolute atomic E-state index is 0.0716. The van der Waals surface area contributed by atoms with Gasteiger partial charge in [0.1, 0.15) is 0 Å². The molecule has 0 bridgehead atoms. The van der Waals surface area contributed by atoms with Gasteiger partial charge in [-0.3, -0.25) is 4.79 Å². The highest BCUT2D eigenvalue weighted by molar-refractivity contribution is 9.10. The molecule has 1 aliphatic heterocycles. The average Bonchev–Trinajstić information content (AvgIpc) is 3.13. The minimum atomic E-state index is -0.255. The molecule has 2 heterocycles. The van der Waals surface area contributed by atoms with Gasteiger partial charge in [0.15, 0.2) is 0 Å². The van der Waals surface area contributed by atoms with Gasteiger partial charge in [-0.25, -0.2) is 4.79 Å². The Morgan fingerprint density at radius 2 is 1.83 bits per heavy atom. The van der Waals surface area contributed by atoms with Crippen molar-refractivity contribution in [2.24, 2.45) is 5.92 Å². The number of carbonyl (C=O) groups excluding carboxylic acids is 1. The second-order valence-electron chi connectivity index (χ2n) is 6.32. The molecule has 1 aliphatic rings. The lowest BCUT2D eigenvalue weighted by Gasteiger charge is -2.23. The molecule has 3 rings (SSSR count). The number of imidazole rings is 1. The van der Waals surface area contributed by atoms with Gasteiger partial charge in [-0.05, 0) is 30.9 Å². The Morgan fingerprint density at radius 3 is 2.43 bits per heavy atom. The van der Waals surface area contributed by atoms with Gasteiger partial charge in [0.25, 0.3) is 0 Å². The fourth-order valence-electron chi connectivity index (χ4n) is 2.90. The number of carbonyl (C=O) groups is 1. The van der Waals surface area contributed by atoms with E-state index in [9.17, 15) is 9.59 Å². The molecule has 2 aromatic rings. The van der Waals surface area contributed by atoms with Crippen molar-refractivity contribution in [3.63, 3.8) is 0 Å². The smallest absolute Gasteiger partial charge is 0.323 e. The number of anilines is 2. The molecule has 7 heteroatoms. The number of benzene rings is 1. The zero-order valence-electron chi connectivity index (χ0n) is 13.3. The Morgan fingerprint density at radius 1 is 1.22 bits per heavy atom. The molecule has 1 atom stereocenters. The van der Waals surface area contributed by atoms with Crippen LogP contribution in [0.25, 0.3) is 11.0 Å². The van der Waals surface area contributed by atoms with Crippen molar-refractivity contribution >= 4 is 44.2 Å². The van der Waals surface area contributed by atoms with Crippen LogP contribution in [0.5, 0.6) is 0 Å². The van der Waals surface area contributed by atoms with Gasteiger partial charge in [0.2, 0.25) is 5.91 Å². The first-order valence-corrected chi connectivity index (χ1v) is 8.83. The van der Waals surface area contributed by atoms with Gasteiger partial charge < -0.3 is 20.2 Å². The van der Waals surface area contributed by atoms with Gasteiger partial charge in [0.05, 0.1) is 27.2 Å². The van der Waals surface area contributed by atoms with E-state index in [1.165, 1.54) is 0 Å². The minimum Gasteiger partial charge on any atom is -0.370 e. The maximum atomic E-state index is 12.4. The van der Waals surface area contributed by atoms with Crippen LogP contribution in [0.1, 0.15) is 26.7 Å². The lowest BCUT2D eigenvalue weighted by atomic mass is 10.1. The van der Waals surface area contributed by atoms with Crippen LogP contribution in [0.2, 0.25) is 0 Å². The highest BCUT2D eigenvalue weighted by Gasteiger charge is 2.22. The number of nitrogens with one attached hydrogen (secondary N) is 3. The standard InChI is InChI=1S/C16H21BrN4O2/c1-9(2)14(17)15(22)18-12-7-10-11(20-16(23)19-10)8-13(12)21-5-3-4-6-21/h7-9,14H,3-6H2,1-2H3,(H,18,22)(H2,19,20,23)/t14-/m0/s1. The Hall–Kier alpha value is -1.76. The van der Waals surface area contributed by atoms with Gasteiger partial charge in [-0.15, -0.1) is 0 Å². The molecule has 1 fully saturated rings. The molecule has 124 valence electrons. The lowest BCUT2D eigenvalue weighted by molar-refractivity contribution is -0.116. The fraction of sp³-hybridized carbons (Fsp3) is 0.500. The number of halogens is 1. The molecule has 3 N–H and O–H groups in total. The van der Waals surface area contributed by atoms with E-state index < -0.39 is 0 Å². The van der Waals surface area contributed by atoms with Crippen molar-refractivity contribution in [3.8, 4) is 0 Å². The first-order chi connectivity index (χ1) is 11.0. The first-order valence-electron chi connectivity index (χ1n) is 7.91. The van der Waals surface area contributed by atoms with E-state index in [-0.39, 0.29) is 22.3 Å². The van der Waals surface area contributed by atoms with Crippen LogP contribution in [-0.4, -0.2) is 33.8 Å². The maximum absolute atomic E-state index is 12.4. The quantitative estimate of drug-likeness (QED) is 0.713. The second-order valence-corrected chi connectivity index (χ2v) is 7.31. The number of fused-ring (bicyclic) bond motifs is 1. The lowest BCUT2D eigenvalue weighted by Crippen LogP contribution is -2.28. The maximum Gasteiger partial charge on any atom is 0.323 e. The SMILES string of the molecule is CC(C)[C@H](Br)C(=O)Nc1cc2[nH]c(=O)[nH]c2cc1N1CCCC1. The van der Waals surface area contributed by atoms with Crippen molar-refractivity contribution in [2.45, 2.75) is 31.5 Å². The molecule has 0 aliphatic carbocycles. The summed E-state index contributed by atoms with van der Waals surface area (Å²) in [7, 11) is 0. The molecule has 0 saturated carbocycles. The highest BCUT2D eigenvalue weighted by atomic mass is 79.9. The van der Waals surface area contributed by atoms with Crippen LogP contribution < -0.4 is 15.9 Å². The molecule has 1 saturated heterocycles. The predicted octanol–water partition coefficient (Wildman–Crippen LogP) is 2.81. The summed E-state index contributed by atoms with van der Waals surface area (Å²) in [6.45, 7) is 5.91. The molecule has 0 unspecified atom stereocenters. The summed E-state index contributed by atoms with van der Waals surface area (Å²) in [6, 6.07) is 3.77. The highest BCUT2D eigenvalue weighted by Crippen LogP contribution is 2.32. The fourth-order valence-corrected chi connectivity index (χ4v) is 3.01. The summed E-state index contributed by atoms with van der Waals surface area (Å²) in [4.78, 5) is 31.5. The molecule has 6 nitrogen and oxygen atoms in total. The number of rotatable bonds is 4. The third-order valence-corrected chi connectivity index (χ3v) is 5.65. The van der Waals surface area contributed by atoms with E-state index in [1.807, 2.05) is 26.0 Å². The Bertz CT molecular complexity index is 774. The van der Waals surface area contributed by atoms with Crippen LogP contribution in [0, 0.1) is 5.92 Å². The summed E-state index contributed by atoms with van der Waals surface area (Å²) in [5.41, 5.74) is 2.92. The number of hydrogen-bond donors (Lipinski definition) is 3. The number of amides is 1. The predicted molar refractivity (Wildman–Crippen MR) is 96.5 cm³/mol. The second kappa shape index (κ2) is 6.39. The van der Waals surface area contributed by atoms with E-state index >= 15 is 0 Å². The number of alkyl halides is 1. The zero-order chi connectivity index (χ0) is 16.6. The Kier molecular flexibility index (Phi) is 4.48. The third kappa shape index (κ3) is 3.29. The number of H-pyrrole nitrogens is 2. The molecule has 1 aromatic carbocycles. The van der Waals surface area contributed by atoms with E-state index in [1.54, 1.807) is 0 Å². The molecular formula is C16H21BrN4O2. The number of nitrogens with zero attached hydrogens (tertiary/aromatic N) is 1. The average molecular weight is 381 g/mol. The van der Waals surface area contributed by atoms with E-state index in [0.29, 0.717) is 5.52 Å². The van der Waals surface area contributed by atoms with Crippen LogP contribution >= 0.6 is 15.9 Å². The van der Waals surface area contributed by atoms with Crippen molar-refractivity contribution in [1.29, 1.82) is 0 Å². The zero-order valence-corrected chi connectivity index (χ0v) is 14.9. The summed E-state index contributed by atoms with van der Waals surface area (Å²) >= 11 is 3.44. The van der Waals surface area contributed by atoms with Gasteiger partial charge in [0, 0.05) is 13.1 Å². The van der Waals surface area contributed by atoms with Gasteiger partial charge in [-0.2, -0.15) is 0 Å². The summed E-state index contributed by atoms with van der Waals surface area (Å²) in [5.74, 6) is 0.124. The van der Waals surface area contributed by atoms with Crippen LogP contribution in [-0.2, 0) is 4.79 Å². The van der Waals surface area contributed by atoms with Crippen molar-refractivity contribution in [2.75, 3.05) is 23.3 Å². The molecule has 1 aromatic heterocycles. The number of aromatic nitrogens is 2. The molecule has 0 radical (unpaired) electrons. The summed E-state index contributed by atoms with van der Waals surface area (Å²) < 4.78 is 0. The molecule has 23 heavy (non-hydrogen) atoms. The summed E-state index contributed by atoms with van der Waals surface area (Å²) in [5, 5.41) is 3.01. The number of hydrogen-bond acceptors (Lipinski definition) is 3.